The highest BCUT2D eigenvalue weighted by Gasteiger charge is 2.38. The van der Waals surface area contributed by atoms with Gasteiger partial charge in [0, 0.05) is 29.2 Å². The van der Waals surface area contributed by atoms with Crippen molar-refractivity contribution < 1.29 is 0 Å². The average Bonchev–Trinajstić information content (AvgIpc) is 2.99. The molecule has 0 spiro atoms. The van der Waals surface area contributed by atoms with E-state index in [4.69, 9.17) is 0 Å². The number of fused-ring (bicyclic) bond motifs is 3. The first kappa shape index (κ1) is 11.1. The van der Waals surface area contributed by atoms with Crippen LogP contribution < -0.4 is 5.32 Å². The molecule has 6 nitrogen and oxygen atoms in total. The molecule has 1 aliphatic heterocycles. The molecule has 1 atom stereocenters. The third-order valence-corrected chi connectivity index (χ3v) is 3.66. The largest absolute Gasteiger partial charge is 0.357 e. The van der Waals surface area contributed by atoms with E-state index >= 15 is 0 Å². The van der Waals surface area contributed by atoms with E-state index < -0.39 is 5.66 Å². The van der Waals surface area contributed by atoms with Crippen LogP contribution in [0.2, 0.25) is 0 Å². The van der Waals surface area contributed by atoms with Gasteiger partial charge in [-0.3, -0.25) is 4.98 Å². The summed E-state index contributed by atoms with van der Waals surface area (Å²) in [4.78, 5) is 4.20. The van der Waals surface area contributed by atoms with Gasteiger partial charge in [0.2, 0.25) is 0 Å². The van der Waals surface area contributed by atoms with Crippen molar-refractivity contribution >= 4 is 5.69 Å². The third-order valence-electron chi connectivity index (χ3n) is 3.66. The molecule has 6 heteroatoms. The number of tetrazole rings is 1. The summed E-state index contributed by atoms with van der Waals surface area (Å²) in [6, 6.07) is 11.9. The fourth-order valence-corrected chi connectivity index (χ4v) is 2.60. The minimum absolute atomic E-state index is 0.554. The number of hydrogen-bond donors (Lipinski definition) is 1. The molecule has 1 unspecified atom stereocenters. The van der Waals surface area contributed by atoms with E-state index in [1.54, 1.807) is 10.9 Å². The Labute approximate surface area is 115 Å². The number of aromatic nitrogens is 5. The average molecular weight is 264 g/mol. The maximum absolute atomic E-state index is 4.20. The lowest BCUT2D eigenvalue weighted by Crippen LogP contribution is -2.43. The van der Waals surface area contributed by atoms with Crippen LogP contribution >= 0.6 is 0 Å². The van der Waals surface area contributed by atoms with Crippen LogP contribution in [0.5, 0.6) is 0 Å². The summed E-state index contributed by atoms with van der Waals surface area (Å²) in [6.45, 7) is 2.04. The molecule has 1 aliphatic rings. The van der Waals surface area contributed by atoms with Crippen molar-refractivity contribution in [3.8, 4) is 11.4 Å². The van der Waals surface area contributed by atoms with Crippen molar-refractivity contribution in [1.29, 1.82) is 0 Å². The number of rotatable bonds is 1. The first-order valence-corrected chi connectivity index (χ1v) is 6.36. The smallest absolute Gasteiger partial charge is 0.186 e. The molecule has 98 valence electrons. The van der Waals surface area contributed by atoms with Crippen molar-refractivity contribution in [2.45, 2.75) is 12.6 Å². The van der Waals surface area contributed by atoms with Gasteiger partial charge in [-0.2, -0.15) is 4.68 Å². The summed E-state index contributed by atoms with van der Waals surface area (Å²) in [5.74, 6) is 0.755. The lowest BCUT2D eigenvalue weighted by atomic mass is 9.98. The van der Waals surface area contributed by atoms with Gasteiger partial charge in [-0.15, -0.1) is 5.10 Å². The Bertz CT molecular complexity index is 766. The van der Waals surface area contributed by atoms with Gasteiger partial charge in [-0.1, -0.05) is 18.2 Å². The Morgan fingerprint density at radius 1 is 1.15 bits per heavy atom. The molecule has 3 aromatic rings. The van der Waals surface area contributed by atoms with Crippen LogP contribution in [0.4, 0.5) is 5.69 Å². The van der Waals surface area contributed by atoms with Crippen LogP contribution in [-0.4, -0.2) is 25.2 Å². The van der Waals surface area contributed by atoms with Gasteiger partial charge in [0.05, 0.1) is 0 Å². The highest BCUT2D eigenvalue weighted by Crippen LogP contribution is 2.39. The molecule has 0 aliphatic carbocycles. The highest BCUT2D eigenvalue weighted by molar-refractivity contribution is 5.76. The molecule has 0 radical (unpaired) electrons. The molecule has 1 aromatic carbocycles. The number of pyridine rings is 1. The van der Waals surface area contributed by atoms with Crippen LogP contribution in [0.15, 0.2) is 48.8 Å². The first-order chi connectivity index (χ1) is 9.79. The second kappa shape index (κ2) is 3.86. The molecule has 1 N–H and O–H groups in total. The van der Waals surface area contributed by atoms with Gasteiger partial charge in [0.1, 0.15) is 0 Å². The molecular weight excluding hydrogens is 252 g/mol. The molecule has 0 fully saturated rings. The van der Waals surface area contributed by atoms with E-state index in [0.29, 0.717) is 0 Å². The SMILES string of the molecule is CC1(c2cccnc2)Nc2ccccc2-c2nnnn21. The van der Waals surface area contributed by atoms with Gasteiger partial charge in [0.25, 0.3) is 0 Å². The molecule has 4 rings (SSSR count). The minimum Gasteiger partial charge on any atom is -0.357 e. The van der Waals surface area contributed by atoms with Crippen molar-refractivity contribution in [3.63, 3.8) is 0 Å². The highest BCUT2D eigenvalue weighted by atomic mass is 15.6. The van der Waals surface area contributed by atoms with E-state index in [0.717, 1.165) is 22.6 Å². The van der Waals surface area contributed by atoms with Crippen molar-refractivity contribution in [3.05, 3.63) is 54.4 Å². The molecular formula is C14H12N6. The number of benzene rings is 1. The van der Waals surface area contributed by atoms with Gasteiger partial charge in [-0.25, -0.2) is 0 Å². The van der Waals surface area contributed by atoms with E-state index in [9.17, 15) is 0 Å². The summed E-state index contributed by atoms with van der Waals surface area (Å²) in [6.07, 6.45) is 3.58. The third kappa shape index (κ3) is 1.38. The maximum Gasteiger partial charge on any atom is 0.186 e. The Kier molecular flexibility index (Phi) is 2.14. The number of nitrogens with zero attached hydrogens (tertiary/aromatic N) is 5. The van der Waals surface area contributed by atoms with E-state index in [1.807, 2.05) is 49.5 Å². The zero-order valence-corrected chi connectivity index (χ0v) is 10.9. The Morgan fingerprint density at radius 2 is 2.05 bits per heavy atom. The minimum atomic E-state index is -0.554. The maximum atomic E-state index is 4.20. The zero-order valence-electron chi connectivity index (χ0n) is 10.9. The lowest BCUT2D eigenvalue weighted by Gasteiger charge is -2.36. The molecule has 20 heavy (non-hydrogen) atoms. The number of hydrogen-bond acceptors (Lipinski definition) is 5. The Morgan fingerprint density at radius 3 is 2.90 bits per heavy atom. The summed E-state index contributed by atoms with van der Waals surface area (Å²) >= 11 is 0. The second-order valence-corrected chi connectivity index (χ2v) is 4.90. The number of anilines is 1. The molecule has 3 heterocycles. The normalized spacial score (nSPS) is 19.9. The van der Waals surface area contributed by atoms with Crippen LogP contribution in [0.1, 0.15) is 12.5 Å². The topological polar surface area (TPSA) is 68.5 Å². The van der Waals surface area contributed by atoms with Crippen LogP contribution in [-0.2, 0) is 5.66 Å². The monoisotopic (exact) mass is 264 g/mol. The summed E-state index contributed by atoms with van der Waals surface area (Å²) in [5.41, 5.74) is 2.46. The number of nitrogens with one attached hydrogen (secondary N) is 1. The predicted octanol–water partition coefficient (Wildman–Crippen LogP) is 1.88. The van der Waals surface area contributed by atoms with Crippen LogP contribution in [0.25, 0.3) is 11.4 Å². The zero-order chi connectivity index (χ0) is 13.6. The van der Waals surface area contributed by atoms with Crippen molar-refractivity contribution in [2.75, 3.05) is 5.32 Å². The van der Waals surface area contributed by atoms with Crippen molar-refractivity contribution in [2.24, 2.45) is 0 Å². The van der Waals surface area contributed by atoms with Gasteiger partial charge < -0.3 is 5.32 Å². The quantitative estimate of drug-likeness (QED) is 0.726. The van der Waals surface area contributed by atoms with E-state index in [2.05, 4.69) is 25.8 Å². The molecule has 0 saturated carbocycles. The first-order valence-electron chi connectivity index (χ1n) is 6.36. The predicted molar refractivity (Wildman–Crippen MR) is 73.9 cm³/mol. The molecule has 0 amide bonds. The Balaban J connectivity index is 1.98. The molecule has 0 bridgehead atoms. The van der Waals surface area contributed by atoms with Gasteiger partial charge >= 0.3 is 0 Å². The van der Waals surface area contributed by atoms with E-state index in [1.165, 1.54) is 0 Å². The summed E-state index contributed by atoms with van der Waals surface area (Å²) in [5, 5.41) is 15.6. The summed E-state index contributed by atoms with van der Waals surface area (Å²) in [7, 11) is 0. The van der Waals surface area contributed by atoms with Gasteiger partial charge in [0.15, 0.2) is 11.5 Å². The Hall–Kier alpha value is -2.76. The lowest BCUT2D eigenvalue weighted by molar-refractivity contribution is 0.392. The van der Waals surface area contributed by atoms with E-state index in [-0.39, 0.29) is 0 Å². The second-order valence-electron chi connectivity index (χ2n) is 4.90. The molecule has 2 aromatic heterocycles. The van der Waals surface area contributed by atoms with Crippen LogP contribution in [0.3, 0.4) is 0 Å². The van der Waals surface area contributed by atoms with Crippen molar-refractivity contribution in [1.82, 2.24) is 25.2 Å². The standard InChI is InChI=1S/C14H12N6/c1-14(10-5-4-8-15-9-10)16-12-7-3-2-6-11(12)13-17-18-19-20(13)14/h2-9,16H,1H3. The number of para-hydroxylation sites is 1. The molecule has 0 saturated heterocycles. The van der Waals surface area contributed by atoms with Gasteiger partial charge in [-0.05, 0) is 35.5 Å². The summed E-state index contributed by atoms with van der Waals surface area (Å²) < 4.78 is 1.80. The fourth-order valence-electron chi connectivity index (χ4n) is 2.60. The van der Waals surface area contributed by atoms with Crippen LogP contribution in [0, 0.1) is 0 Å². The fraction of sp³-hybridized carbons (Fsp3) is 0.143.